The number of carbonyl (C=O) groups is 6. The lowest BCUT2D eigenvalue weighted by molar-refractivity contribution is -0.144. The van der Waals surface area contributed by atoms with Crippen molar-refractivity contribution in [1.82, 2.24) is 10.6 Å². The van der Waals surface area contributed by atoms with E-state index in [4.69, 9.17) is 23.0 Å². The number of ketones is 1. The van der Waals surface area contributed by atoms with Crippen LogP contribution in [0.25, 0.3) is 0 Å². The molecule has 45 heavy (non-hydrogen) atoms. The van der Waals surface area contributed by atoms with Gasteiger partial charge in [0.05, 0.1) is 20.1 Å². The molecule has 1 fully saturated rings. The highest BCUT2D eigenvalue weighted by Crippen LogP contribution is 2.57. The van der Waals surface area contributed by atoms with Gasteiger partial charge in [-0.3, -0.25) is 28.2 Å². The Hall–Kier alpha value is -3.30. The summed E-state index contributed by atoms with van der Waals surface area (Å²) in [5, 5.41) is 4.46. The topological polar surface area (TPSA) is 199 Å². The summed E-state index contributed by atoms with van der Waals surface area (Å²) in [7, 11) is -3.19. The van der Waals surface area contributed by atoms with Crippen LogP contribution in [0, 0.1) is 10.8 Å². The number of phosphoric ester groups is 1. The van der Waals surface area contributed by atoms with Crippen LogP contribution in [-0.4, -0.2) is 86.4 Å². The van der Waals surface area contributed by atoms with Crippen LogP contribution in [0.5, 0.6) is 0 Å². The maximum absolute atomic E-state index is 13.0. The van der Waals surface area contributed by atoms with Gasteiger partial charge < -0.3 is 24.8 Å². The molecule has 0 bridgehead atoms. The molecule has 1 aromatic rings. The molecule has 250 valence electrons. The van der Waals surface area contributed by atoms with Crippen molar-refractivity contribution in [3.05, 3.63) is 35.9 Å². The summed E-state index contributed by atoms with van der Waals surface area (Å²) in [6.45, 7) is 6.44. The highest BCUT2D eigenvalue weighted by atomic mass is 32.2. The number of phosphoric acid groups is 1. The Morgan fingerprint density at radius 3 is 2.38 bits per heavy atom. The molecule has 0 spiro atoms. The number of ether oxygens (including phenoxy) is 3. The van der Waals surface area contributed by atoms with Gasteiger partial charge in [-0.15, -0.1) is 0 Å². The Bertz CT molecular complexity index is 1280. The van der Waals surface area contributed by atoms with Crippen molar-refractivity contribution >= 4 is 54.4 Å². The first-order valence-corrected chi connectivity index (χ1v) is 16.2. The average molecular weight is 675 g/mol. The normalized spacial score (nSPS) is 19.8. The van der Waals surface area contributed by atoms with E-state index in [-0.39, 0.29) is 30.4 Å². The molecule has 2 amide bonds. The minimum absolute atomic E-state index is 0.0552. The molecule has 3 atom stereocenters. The molecule has 17 heteroatoms. The number of carbonyl (C=O) groups excluding carboxylic acids is 6. The van der Waals surface area contributed by atoms with Gasteiger partial charge >= 0.3 is 25.9 Å². The van der Waals surface area contributed by atoms with Crippen molar-refractivity contribution in [3.63, 3.8) is 0 Å². The third-order valence-corrected chi connectivity index (χ3v) is 8.76. The SMILES string of the molecule is COC(=O)CCNC(=O)[C@@H]1O[P@@](=O)(OCOC(=O)N[C@@H](CSC(=O)C(C)(C)C)C(=O)OCC(=O)c2ccccc2)OCC1(C)C. The van der Waals surface area contributed by atoms with Crippen LogP contribution in [0.15, 0.2) is 30.3 Å². The van der Waals surface area contributed by atoms with E-state index in [0.29, 0.717) is 5.56 Å². The van der Waals surface area contributed by atoms with Crippen LogP contribution in [0.4, 0.5) is 4.79 Å². The number of nitrogens with one attached hydrogen (secondary N) is 2. The molecular formula is C28H39N2O13PS. The average Bonchev–Trinajstić information content (AvgIpc) is 2.98. The molecule has 0 saturated carbocycles. The van der Waals surface area contributed by atoms with Crippen molar-refractivity contribution < 1.29 is 61.1 Å². The van der Waals surface area contributed by atoms with E-state index in [1.165, 1.54) is 7.11 Å². The lowest BCUT2D eigenvalue weighted by atomic mass is 9.87. The van der Waals surface area contributed by atoms with Crippen molar-refractivity contribution in [3.8, 4) is 0 Å². The fraction of sp³-hybridized carbons (Fsp3) is 0.571. The molecule has 0 aromatic heterocycles. The highest BCUT2D eigenvalue weighted by Gasteiger charge is 2.49. The monoisotopic (exact) mass is 674 g/mol. The number of rotatable bonds is 14. The number of thioether (sulfide) groups is 1. The molecular weight excluding hydrogens is 635 g/mol. The molecule has 1 aromatic carbocycles. The van der Waals surface area contributed by atoms with Crippen LogP contribution in [0.3, 0.4) is 0 Å². The minimum atomic E-state index is -4.40. The van der Waals surface area contributed by atoms with Crippen molar-refractivity contribution in [2.24, 2.45) is 10.8 Å². The fourth-order valence-corrected chi connectivity index (χ4v) is 5.87. The first-order valence-electron chi connectivity index (χ1n) is 13.7. The van der Waals surface area contributed by atoms with Gasteiger partial charge in [-0.1, -0.05) is 76.7 Å². The van der Waals surface area contributed by atoms with Crippen molar-refractivity contribution in [1.29, 1.82) is 0 Å². The van der Waals surface area contributed by atoms with Crippen LogP contribution in [0.2, 0.25) is 0 Å². The van der Waals surface area contributed by atoms with E-state index in [1.54, 1.807) is 65.0 Å². The Balaban J connectivity index is 1.97. The first kappa shape index (κ1) is 37.9. The standard InChI is InChI=1S/C28H39N2O13PS/c1-27(2,3)25(35)45-15-19(24(34)39-14-20(31)18-10-8-7-9-11-18)30-26(36)40-17-42-44(37)41-16-28(4,5)22(43-44)23(33)29-13-12-21(32)38-6/h7-11,19,22H,12-17H2,1-6H3,(H,29,33)(H,30,36)/t19-,22-,44+/m0/s1. The van der Waals surface area contributed by atoms with Gasteiger partial charge in [0, 0.05) is 28.7 Å². The molecule has 0 radical (unpaired) electrons. The molecule has 2 N–H and O–H groups in total. The molecule has 1 aliphatic heterocycles. The van der Waals surface area contributed by atoms with Gasteiger partial charge in [0.15, 0.2) is 23.6 Å². The number of amides is 2. The van der Waals surface area contributed by atoms with Crippen LogP contribution in [-0.2, 0) is 51.5 Å². The van der Waals surface area contributed by atoms with Gasteiger partial charge in [-0.05, 0) is 0 Å². The van der Waals surface area contributed by atoms with E-state index in [0.717, 1.165) is 11.8 Å². The summed E-state index contributed by atoms with van der Waals surface area (Å²) < 4.78 is 43.1. The van der Waals surface area contributed by atoms with E-state index in [2.05, 4.69) is 15.4 Å². The lowest BCUT2D eigenvalue weighted by Gasteiger charge is -2.39. The molecule has 15 nitrogen and oxygen atoms in total. The second-order valence-corrected chi connectivity index (χ2v) is 14.0. The predicted molar refractivity (Wildman–Crippen MR) is 160 cm³/mol. The maximum Gasteiger partial charge on any atom is 0.478 e. The Labute approximate surface area is 265 Å². The van der Waals surface area contributed by atoms with Crippen LogP contribution in [0.1, 0.15) is 51.4 Å². The van der Waals surface area contributed by atoms with Gasteiger partial charge in [-0.25, -0.2) is 18.7 Å². The van der Waals surface area contributed by atoms with Gasteiger partial charge in [0.2, 0.25) is 12.7 Å². The number of hydrogen-bond donors (Lipinski definition) is 2. The van der Waals surface area contributed by atoms with E-state index in [9.17, 15) is 33.3 Å². The number of hydrogen-bond acceptors (Lipinski definition) is 14. The maximum atomic E-state index is 13.0. The Morgan fingerprint density at radius 2 is 1.76 bits per heavy atom. The van der Waals surface area contributed by atoms with Gasteiger partial charge in [-0.2, -0.15) is 0 Å². The molecule has 1 heterocycles. The van der Waals surface area contributed by atoms with E-state index in [1.807, 2.05) is 0 Å². The zero-order chi connectivity index (χ0) is 33.8. The summed E-state index contributed by atoms with van der Waals surface area (Å²) in [6.07, 6.45) is -2.61. The van der Waals surface area contributed by atoms with Crippen LogP contribution < -0.4 is 10.6 Å². The highest BCUT2D eigenvalue weighted by molar-refractivity contribution is 8.13. The van der Waals surface area contributed by atoms with Crippen LogP contribution >= 0.6 is 19.6 Å². The second kappa shape index (κ2) is 16.9. The minimum Gasteiger partial charge on any atom is -0.469 e. The van der Waals surface area contributed by atoms with Crippen molar-refractivity contribution in [2.75, 3.05) is 39.4 Å². The zero-order valence-corrected chi connectivity index (χ0v) is 27.7. The number of esters is 2. The molecule has 0 aliphatic carbocycles. The number of benzene rings is 1. The second-order valence-electron chi connectivity index (χ2n) is 11.4. The first-order chi connectivity index (χ1) is 21.0. The third-order valence-electron chi connectivity index (χ3n) is 6.05. The van der Waals surface area contributed by atoms with E-state index < -0.39 is 73.9 Å². The molecule has 2 rings (SSSR count). The summed E-state index contributed by atoms with van der Waals surface area (Å²) in [6, 6.07) is 6.70. The summed E-state index contributed by atoms with van der Waals surface area (Å²) >= 11 is 0.775. The van der Waals surface area contributed by atoms with Gasteiger partial charge in [0.1, 0.15) is 6.04 Å². The number of methoxy groups -OCH3 is 1. The third kappa shape index (κ3) is 12.5. The quantitative estimate of drug-likeness (QED) is 0.0959. The predicted octanol–water partition coefficient (Wildman–Crippen LogP) is 3.02. The molecule has 1 aliphatic rings. The van der Waals surface area contributed by atoms with E-state index >= 15 is 0 Å². The zero-order valence-electron chi connectivity index (χ0n) is 25.9. The largest absolute Gasteiger partial charge is 0.478 e. The number of Topliss-reactive ketones (excluding diaryl/α,β-unsaturated/α-hetero) is 1. The Kier molecular flexibility index (Phi) is 14.2. The number of alkyl carbamates (subject to hydrolysis) is 1. The molecule has 0 unspecified atom stereocenters. The van der Waals surface area contributed by atoms with Gasteiger partial charge in [0.25, 0.3) is 0 Å². The smallest absolute Gasteiger partial charge is 0.469 e. The summed E-state index contributed by atoms with van der Waals surface area (Å²) in [5.41, 5.74) is -1.37. The fourth-order valence-electron chi connectivity index (χ4n) is 3.39. The van der Waals surface area contributed by atoms with Crippen molar-refractivity contribution in [2.45, 2.75) is 53.2 Å². The lowest BCUT2D eigenvalue weighted by Crippen LogP contribution is -2.50. The summed E-state index contributed by atoms with van der Waals surface area (Å²) in [4.78, 5) is 74.1. The Morgan fingerprint density at radius 1 is 1.09 bits per heavy atom. The summed E-state index contributed by atoms with van der Waals surface area (Å²) in [5.74, 6) is -2.93. The molecule has 1 saturated heterocycles.